The summed E-state index contributed by atoms with van der Waals surface area (Å²) in [4.78, 5) is 59.2. The highest BCUT2D eigenvalue weighted by Gasteiger charge is 2.45. The molecule has 5 N–H and O–H groups in total. The van der Waals surface area contributed by atoms with Crippen LogP contribution in [-0.4, -0.2) is 200 Å². The van der Waals surface area contributed by atoms with Crippen LogP contribution in [0.15, 0.2) is 72.9 Å². The number of nitrogens with one attached hydrogen (secondary N) is 1. The molecule has 0 unspecified atom stereocenters. The Hall–Kier alpha value is -7.60. The Bertz CT molecular complexity index is 3520. The Kier molecular flexibility index (Phi) is 18.7. The Balaban J connectivity index is 0.929. The molecule has 83 heavy (non-hydrogen) atoms. The molecule has 2 aromatic heterocycles. The van der Waals surface area contributed by atoms with Gasteiger partial charge in [-0.15, -0.1) is 25.1 Å². The molecule has 0 bridgehead atoms. The van der Waals surface area contributed by atoms with Gasteiger partial charge >= 0.3 is 10.4 Å². The molecule has 3 aliphatic rings. The number of aliphatic hydroxyl groups is 4. The quantitative estimate of drug-likeness (QED) is 0.0296. The molecule has 0 saturated carbocycles. The van der Waals surface area contributed by atoms with Gasteiger partial charge in [0.2, 0.25) is 6.29 Å². The minimum absolute atomic E-state index is 0.0630. The Morgan fingerprint density at radius 3 is 2.30 bits per heavy atom. The third-order valence-electron chi connectivity index (χ3n) is 14.3. The van der Waals surface area contributed by atoms with E-state index in [2.05, 4.69) is 15.3 Å². The van der Waals surface area contributed by atoms with E-state index >= 15 is 0 Å². The molecule has 3 aliphatic heterocycles. The van der Waals surface area contributed by atoms with Crippen molar-refractivity contribution in [2.75, 3.05) is 91.8 Å². The van der Waals surface area contributed by atoms with Crippen molar-refractivity contribution in [1.82, 2.24) is 29.8 Å². The molecular formula is C55H62ClN7O19S. The van der Waals surface area contributed by atoms with E-state index in [9.17, 15) is 48.0 Å². The zero-order valence-electron chi connectivity index (χ0n) is 45.8. The second-order valence-corrected chi connectivity index (χ2v) is 20.9. The Morgan fingerprint density at radius 1 is 0.843 bits per heavy atom. The molecule has 9 rings (SSSR count). The number of hydrogen-bond donors (Lipinski definition) is 5. The fourth-order valence-corrected chi connectivity index (χ4v) is 11.0. The number of aromatic nitrogens is 4. The van der Waals surface area contributed by atoms with Gasteiger partial charge in [0.1, 0.15) is 47.4 Å². The average Bonchev–Trinajstić information content (AvgIpc) is 2.12. The lowest BCUT2D eigenvalue weighted by Gasteiger charge is -2.39. The van der Waals surface area contributed by atoms with Crippen LogP contribution in [0.2, 0.25) is 0 Å². The summed E-state index contributed by atoms with van der Waals surface area (Å²) in [6.07, 6.45) is -3.61. The number of ether oxygens (including phenoxy) is 7. The molecule has 5 heterocycles. The van der Waals surface area contributed by atoms with Crippen molar-refractivity contribution in [3.63, 3.8) is 0 Å². The third-order valence-corrected chi connectivity index (χ3v) is 15.4. The molecule has 4 amide bonds. The largest absolute Gasteiger partial charge is 0.501 e. The zero-order chi connectivity index (χ0) is 59.3. The van der Waals surface area contributed by atoms with Crippen LogP contribution in [0.25, 0.3) is 21.7 Å². The molecule has 0 radical (unpaired) electrons. The van der Waals surface area contributed by atoms with Gasteiger partial charge in [0.05, 0.1) is 84.4 Å². The summed E-state index contributed by atoms with van der Waals surface area (Å²) in [5.41, 5.74) is 2.96. The van der Waals surface area contributed by atoms with Gasteiger partial charge in [-0.2, -0.15) is 0 Å². The smallest absolute Gasteiger partial charge is 0.497 e. The van der Waals surface area contributed by atoms with Crippen molar-refractivity contribution >= 4 is 73.0 Å². The van der Waals surface area contributed by atoms with Gasteiger partial charge in [0.25, 0.3) is 23.6 Å². The average molecular weight is 1190 g/mol. The van der Waals surface area contributed by atoms with E-state index < -0.39 is 76.9 Å². The highest BCUT2D eigenvalue weighted by Crippen LogP contribution is 2.48. The van der Waals surface area contributed by atoms with E-state index in [0.29, 0.717) is 64.2 Å². The minimum atomic E-state index is -5.28. The van der Waals surface area contributed by atoms with Gasteiger partial charge in [0.15, 0.2) is 17.2 Å². The number of benzene rings is 4. The number of likely N-dealkylation sites (N-methyl/N-ethyl adjacent to an activating group) is 1. The van der Waals surface area contributed by atoms with Gasteiger partial charge in [-0.05, 0) is 65.9 Å². The van der Waals surface area contributed by atoms with Crippen LogP contribution >= 0.6 is 11.6 Å². The van der Waals surface area contributed by atoms with Crippen LogP contribution in [0.4, 0.5) is 5.69 Å². The van der Waals surface area contributed by atoms with Crippen LogP contribution in [0.1, 0.15) is 50.5 Å². The fraction of sp³-hybridized carbons (Fsp3) is 0.418. The highest BCUT2D eigenvalue weighted by atomic mass is 35.5. The number of amides is 4. The van der Waals surface area contributed by atoms with Crippen molar-refractivity contribution in [2.45, 2.75) is 62.9 Å². The number of H-pyrrole nitrogens is 1. The molecule has 1 fully saturated rings. The molecule has 444 valence electrons. The first kappa shape index (κ1) is 60.0. The predicted molar refractivity (Wildman–Crippen MR) is 296 cm³/mol. The van der Waals surface area contributed by atoms with Gasteiger partial charge < -0.3 is 76.7 Å². The first-order valence-corrected chi connectivity index (χ1v) is 28.2. The van der Waals surface area contributed by atoms with Crippen molar-refractivity contribution in [3.05, 3.63) is 101 Å². The van der Waals surface area contributed by atoms with Gasteiger partial charge in [-0.3, -0.25) is 24.1 Å². The summed E-state index contributed by atoms with van der Waals surface area (Å²) < 4.78 is 81.6. The molecule has 0 aliphatic carbocycles. The summed E-state index contributed by atoms with van der Waals surface area (Å²) in [5, 5.41) is 51.3. The van der Waals surface area contributed by atoms with E-state index in [-0.39, 0.29) is 91.8 Å². The summed E-state index contributed by atoms with van der Waals surface area (Å²) in [7, 11) is 0.730. The number of imide groups is 1. The second kappa shape index (κ2) is 25.9. The monoisotopic (exact) mass is 1190 g/mol. The maximum Gasteiger partial charge on any atom is 0.501 e. The lowest BCUT2D eigenvalue weighted by atomic mass is 9.95. The zero-order valence-corrected chi connectivity index (χ0v) is 47.3. The minimum Gasteiger partial charge on any atom is -0.497 e. The Morgan fingerprint density at radius 2 is 1.59 bits per heavy atom. The van der Waals surface area contributed by atoms with E-state index in [1.54, 1.807) is 48.3 Å². The van der Waals surface area contributed by atoms with Crippen LogP contribution in [-0.2, 0) is 53.6 Å². The van der Waals surface area contributed by atoms with E-state index in [4.69, 9.17) is 53.1 Å². The molecule has 28 heteroatoms. The van der Waals surface area contributed by atoms with E-state index in [1.165, 1.54) is 55.4 Å². The number of carbonyl (C=O) groups is 4. The summed E-state index contributed by atoms with van der Waals surface area (Å²) in [6.45, 7) is 2.48. The highest BCUT2D eigenvalue weighted by molar-refractivity contribution is 7.82. The lowest BCUT2D eigenvalue weighted by molar-refractivity contribution is -0.277. The van der Waals surface area contributed by atoms with Gasteiger partial charge in [-0.1, -0.05) is 12.1 Å². The summed E-state index contributed by atoms with van der Waals surface area (Å²) >= 11 is 6.62. The number of fused-ring (bicyclic) bond motifs is 4. The van der Waals surface area contributed by atoms with Gasteiger partial charge in [0, 0.05) is 84.7 Å². The van der Waals surface area contributed by atoms with Crippen molar-refractivity contribution < 1.29 is 89.5 Å². The normalized spacial score (nSPS) is 19.6. The van der Waals surface area contributed by atoms with Crippen LogP contribution < -0.4 is 32.2 Å². The van der Waals surface area contributed by atoms with Crippen molar-refractivity contribution in [1.29, 1.82) is 0 Å². The fourth-order valence-electron chi connectivity index (χ4n) is 9.98. The number of alkyl halides is 1. The van der Waals surface area contributed by atoms with Crippen LogP contribution in [0, 0.1) is 0 Å². The first-order chi connectivity index (χ1) is 39.9. The van der Waals surface area contributed by atoms with E-state index in [1.807, 2.05) is 6.92 Å². The third kappa shape index (κ3) is 12.8. The number of aromatic amines is 1. The number of methoxy groups -OCH3 is 3. The van der Waals surface area contributed by atoms with Gasteiger partial charge in [-0.25, -0.2) is 4.68 Å². The summed E-state index contributed by atoms with van der Waals surface area (Å²) in [5.74, 6) is -2.14. The molecule has 6 aromatic rings. The summed E-state index contributed by atoms with van der Waals surface area (Å²) in [6, 6.07) is 13.2. The van der Waals surface area contributed by atoms with E-state index in [0.717, 1.165) is 22.6 Å². The van der Waals surface area contributed by atoms with Crippen LogP contribution in [0.3, 0.4) is 0 Å². The molecule has 4 aromatic carbocycles. The number of carbonyl (C=O) groups excluding carboxylic acids is 4. The second-order valence-electron chi connectivity index (χ2n) is 19.5. The number of aliphatic hydroxyl groups excluding tert-OH is 4. The number of rotatable bonds is 26. The standard InChI is InChI=1S/C55H62ClN7O19S/c1-6-35-41(75-4)23-31-21-38(57-48(31)52(35)76-5)54(71)63-27-32(26-56)47-37-24-34(74-3)8-9-36(37)42(25-39(47)63)81-83(72,73)82-43-22-30(7-10-40(43)79-55-51(69)50(68)49(67)44(29-64)80-55)53(70)60(2)14-18-78-19-15-61-28-33(58-59-61)13-17-77-20-16-62-45(65)11-12-46(62)66/h7-12,21-25,28,32,44,49-51,55,57,64,67-69H,6,13-20,26-27,29H2,1-5H3/t32-,44-,49+,50+,51-,55-/m1/s1. The lowest BCUT2D eigenvalue weighted by Crippen LogP contribution is -2.60. The first-order valence-electron chi connectivity index (χ1n) is 26.3. The maximum atomic E-state index is 14.7. The molecule has 6 atom stereocenters. The number of halogens is 1. The molecule has 26 nitrogen and oxygen atoms in total. The van der Waals surface area contributed by atoms with Crippen molar-refractivity contribution in [3.8, 4) is 34.5 Å². The molecule has 1 saturated heterocycles. The Labute approximate surface area is 480 Å². The molecular weight excluding hydrogens is 1130 g/mol. The van der Waals surface area contributed by atoms with Crippen LogP contribution in [0.5, 0.6) is 34.5 Å². The number of hydrogen-bond acceptors (Lipinski definition) is 21. The number of nitrogens with zero attached hydrogens (tertiary/aromatic N) is 6. The maximum absolute atomic E-state index is 14.7. The SMILES string of the molecule is CCc1c(OC)cc2cc(C(=O)N3C[C@@H](CCl)c4c3cc(OS(=O)(=O)Oc3cc(C(=O)N(C)CCOCCn5cc(CCOCCN6C(=O)C=CC6=O)nn5)ccc3O[C@@H]3O[C@H](CO)[C@H](O)[C@H](O)[C@H]3O)c3ccc(OC)cc43)[nH]c2c1OC. The van der Waals surface area contributed by atoms with Crippen molar-refractivity contribution in [2.24, 2.45) is 0 Å². The molecule has 0 spiro atoms. The topological polar surface area (TPSA) is 323 Å². The number of anilines is 1. The predicted octanol–water partition coefficient (Wildman–Crippen LogP) is 2.64.